The van der Waals surface area contributed by atoms with Crippen LogP contribution in [0.2, 0.25) is 0 Å². The van der Waals surface area contributed by atoms with Crippen LogP contribution in [-0.2, 0) is 56.9 Å². The molecule has 0 amide bonds. The van der Waals surface area contributed by atoms with Gasteiger partial charge in [0.1, 0.15) is 25.2 Å². The molecule has 0 aliphatic rings. The first-order valence-corrected chi connectivity index (χ1v) is 15.5. The lowest BCUT2D eigenvalue weighted by molar-refractivity contribution is -0.142. The van der Waals surface area contributed by atoms with Gasteiger partial charge in [-0.1, -0.05) is 0 Å². The quantitative estimate of drug-likeness (QED) is 0.0795. The van der Waals surface area contributed by atoms with E-state index in [0.29, 0.717) is 150 Å². The monoisotopic (exact) mass is 664 g/mol. The molecule has 1 aromatic rings. The third-order valence-electron chi connectivity index (χ3n) is 5.46. The van der Waals surface area contributed by atoms with Gasteiger partial charge >= 0.3 is 5.97 Å². The second kappa shape index (κ2) is 34.1. The number of carbonyl (C=O) groups excluding carboxylic acids is 1. The fraction of sp³-hybridized carbons (Fsp3) is 0.742. The van der Waals surface area contributed by atoms with E-state index in [1.807, 2.05) is 0 Å². The van der Waals surface area contributed by atoms with Crippen molar-refractivity contribution in [2.75, 3.05) is 152 Å². The molecule has 0 atom stereocenters. The molecule has 266 valence electrons. The van der Waals surface area contributed by atoms with Crippen molar-refractivity contribution in [1.82, 2.24) is 0 Å². The van der Waals surface area contributed by atoms with Gasteiger partial charge in [-0.2, -0.15) is 0 Å². The van der Waals surface area contributed by atoms with Gasteiger partial charge in [0, 0.05) is 5.56 Å². The van der Waals surface area contributed by atoms with Crippen LogP contribution < -0.4 is 4.74 Å². The molecule has 0 aliphatic heterocycles. The molecule has 0 radical (unpaired) electrons. The maximum absolute atomic E-state index is 10.6. The van der Waals surface area contributed by atoms with Crippen molar-refractivity contribution in [2.24, 2.45) is 0 Å². The van der Waals surface area contributed by atoms with Crippen LogP contribution >= 0.6 is 0 Å². The standard InChI is InChI=1S/C31H52O15/c32-27-29-1-3-30(4-2-29)46-26-25-44-22-21-42-18-17-40-14-13-38-10-9-36-6-5-35-7-8-37-11-12-39-15-16-41-19-20-43-23-24-45-28-31(33)34/h1-4,27H,5-26,28H2,(H,33,34). The van der Waals surface area contributed by atoms with E-state index < -0.39 is 5.97 Å². The minimum atomic E-state index is -0.999. The van der Waals surface area contributed by atoms with Gasteiger partial charge in [0.05, 0.1) is 139 Å². The summed E-state index contributed by atoms with van der Waals surface area (Å²) >= 11 is 0. The molecule has 0 aromatic heterocycles. The van der Waals surface area contributed by atoms with E-state index in [9.17, 15) is 9.59 Å². The average molecular weight is 665 g/mol. The predicted octanol–water partition coefficient (Wildman–Crippen LogP) is 1.15. The Hall–Kier alpha value is -2.28. The summed E-state index contributed by atoms with van der Waals surface area (Å²) in [7, 11) is 0. The van der Waals surface area contributed by atoms with Crippen molar-refractivity contribution < 1.29 is 71.5 Å². The van der Waals surface area contributed by atoms with Crippen LogP contribution in [0.15, 0.2) is 24.3 Å². The molecule has 15 nitrogen and oxygen atoms in total. The number of rotatable bonds is 37. The lowest BCUT2D eigenvalue weighted by Gasteiger charge is -2.09. The normalized spacial score (nSPS) is 11.2. The molecule has 1 aromatic carbocycles. The highest BCUT2D eigenvalue weighted by Crippen LogP contribution is 2.10. The minimum Gasteiger partial charge on any atom is -0.491 e. The number of hydrogen-bond donors (Lipinski definition) is 1. The Morgan fingerprint density at radius 3 is 0.957 bits per heavy atom. The fourth-order valence-corrected chi connectivity index (χ4v) is 3.22. The number of carboxylic acid groups (broad SMARTS) is 1. The molecule has 1 N–H and O–H groups in total. The molecule has 0 saturated heterocycles. The third-order valence-corrected chi connectivity index (χ3v) is 5.46. The molecule has 0 heterocycles. The Morgan fingerprint density at radius 2 is 0.696 bits per heavy atom. The van der Waals surface area contributed by atoms with Gasteiger partial charge in [-0.25, -0.2) is 4.79 Å². The molecule has 0 spiro atoms. The Bertz CT molecular complexity index is 797. The van der Waals surface area contributed by atoms with Crippen LogP contribution in [0.25, 0.3) is 0 Å². The minimum absolute atomic E-state index is 0.238. The number of hydrogen-bond acceptors (Lipinski definition) is 14. The lowest BCUT2D eigenvalue weighted by Crippen LogP contribution is -2.15. The highest BCUT2D eigenvalue weighted by Gasteiger charge is 1.98. The first kappa shape index (κ1) is 41.7. The molecule has 0 unspecified atom stereocenters. The van der Waals surface area contributed by atoms with E-state index in [-0.39, 0.29) is 13.2 Å². The summed E-state index contributed by atoms with van der Waals surface area (Å²) in [4.78, 5) is 20.9. The van der Waals surface area contributed by atoms with Crippen LogP contribution in [0.1, 0.15) is 10.4 Å². The van der Waals surface area contributed by atoms with Gasteiger partial charge in [-0.15, -0.1) is 0 Å². The number of benzene rings is 1. The van der Waals surface area contributed by atoms with Crippen molar-refractivity contribution >= 4 is 12.3 Å². The molecule has 1 rings (SSSR count). The zero-order valence-corrected chi connectivity index (χ0v) is 26.8. The van der Waals surface area contributed by atoms with E-state index in [4.69, 9.17) is 61.9 Å². The molecule has 0 saturated carbocycles. The van der Waals surface area contributed by atoms with Gasteiger partial charge in [-0.3, -0.25) is 4.79 Å². The topological polar surface area (TPSA) is 165 Å². The highest BCUT2D eigenvalue weighted by molar-refractivity contribution is 5.74. The van der Waals surface area contributed by atoms with Crippen molar-refractivity contribution in [1.29, 1.82) is 0 Å². The smallest absolute Gasteiger partial charge is 0.329 e. The van der Waals surface area contributed by atoms with Crippen molar-refractivity contribution in [3.05, 3.63) is 29.8 Å². The molecule has 46 heavy (non-hydrogen) atoms. The number of aliphatic carboxylic acids is 1. The third kappa shape index (κ3) is 30.4. The first-order chi connectivity index (χ1) is 22.7. The predicted molar refractivity (Wildman–Crippen MR) is 164 cm³/mol. The van der Waals surface area contributed by atoms with E-state index in [1.165, 1.54) is 0 Å². The summed E-state index contributed by atoms with van der Waals surface area (Å²) in [6.07, 6.45) is 0.793. The largest absolute Gasteiger partial charge is 0.491 e. The molecular formula is C31H52O15. The van der Waals surface area contributed by atoms with Crippen LogP contribution in [0.4, 0.5) is 0 Å². The molecule has 0 aliphatic carbocycles. The molecule has 15 heteroatoms. The maximum Gasteiger partial charge on any atom is 0.329 e. The van der Waals surface area contributed by atoms with E-state index in [1.54, 1.807) is 24.3 Å². The fourth-order valence-electron chi connectivity index (χ4n) is 3.22. The van der Waals surface area contributed by atoms with Crippen molar-refractivity contribution in [3.8, 4) is 5.75 Å². The van der Waals surface area contributed by atoms with Gasteiger partial charge in [-0.05, 0) is 24.3 Å². The number of carboxylic acids is 1. The van der Waals surface area contributed by atoms with Crippen LogP contribution in [-0.4, -0.2) is 169 Å². The zero-order chi connectivity index (χ0) is 33.0. The Morgan fingerprint density at radius 1 is 0.435 bits per heavy atom. The summed E-state index contributed by atoms with van der Waals surface area (Å²) in [6, 6.07) is 6.91. The molecular weight excluding hydrogens is 612 g/mol. The highest BCUT2D eigenvalue weighted by atomic mass is 16.6. The summed E-state index contributed by atoms with van der Waals surface area (Å²) in [5, 5.41) is 8.42. The lowest BCUT2D eigenvalue weighted by atomic mass is 10.2. The second-order valence-corrected chi connectivity index (χ2v) is 9.11. The second-order valence-electron chi connectivity index (χ2n) is 9.11. The average Bonchev–Trinajstić information content (AvgIpc) is 3.06. The van der Waals surface area contributed by atoms with Crippen molar-refractivity contribution in [2.45, 2.75) is 0 Å². The van der Waals surface area contributed by atoms with Gasteiger partial charge in [0.25, 0.3) is 0 Å². The Kier molecular flexibility index (Phi) is 30.9. The van der Waals surface area contributed by atoms with E-state index in [0.717, 1.165) is 6.29 Å². The summed E-state index contributed by atoms with van der Waals surface area (Å²) in [6.45, 7) is 9.60. The maximum atomic E-state index is 10.6. The number of aldehydes is 1. The summed E-state index contributed by atoms with van der Waals surface area (Å²) in [5.41, 5.74) is 0.613. The van der Waals surface area contributed by atoms with Crippen molar-refractivity contribution in [3.63, 3.8) is 0 Å². The molecule has 0 fully saturated rings. The zero-order valence-electron chi connectivity index (χ0n) is 26.8. The first-order valence-electron chi connectivity index (χ1n) is 15.5. The Labute approximate surface area is 271 Å². The van der Waals surface area contributed by atoms with Crippen LogP contribution in [0.3, 0.4) is 0 Å². The van der Waals surface area contributed by atoms with E-state index >= 15 is 0 Å². The molecule has 0 bridgehead atoms. The number of ether oxygens (including phenoxy) is 12. The SMILES string of the molecule is O=Cc1ccc(OCCOCCOCCOCCOCCOCCOCCOCCOCCOCCOCCOCC(=O)O)cc1. The summed E-state index contributed by atoms with van der Waals surface area (Å²) in [5.74, 6) is -0.301. The van der Waals surface area contributed by atoms with Gasteiger partial charge < -0.3 is 61.9 Å². The van der Waals surface area contributed by atoms with E-state index in [2.05, 4.69) is 0 Å². The summed E-state index contributed by atoms with van der Waals surface area (Å²) < 4.78 is 64.6. The van der Waals surface area contributed by atoms with Gasteiger partial charge in [0.2, 0.25) is 0 Å². The van der Waals surface area contributed by atoms with Crippen LogP contribution in [0.5, 0.6) is 5.75 Å². The Balaban J connectivity index is 1.64. The van der Waals surface area contributed by atoms with Gasteiger partial charge in [0.15, 0.2) is 0 Å². The van der Waals surface area contributed by atoms with Crippen LogP contribution in [0, 0.1) is 0 Å². The number of carbonyl (C=O) groups is 2.